The fraction of sp³-hybridized carbons (Fsp3) is 0.947. The van der Waals surface area contributed by atoms with Gasteiger partial charge in [-0.25, -0.2) is 0 Å². The molecule has 144 valence electrons. The van der Waals surface area contributed by atoms with E-state index in [0.29, 0.717) is 24.0 Å². The summed E-state index contributed by atoms with van der Waals surface area (Å²) in [4.78, 5) is 6.93. The fourth-order valence-corrected chi connectivity index (χ4v) is 4.76. The average molecular weight is 353 g/mol. The highest BCUT2D eigenvalue weighted by molar-refractivity contribution is 5.80. The molecule has 2 heterocycles. The molecule has 2 N–H and O–H groups in total. The van der Waals surface area contributed by atoms with Crippen LogP contribution in [-0.2, 0) is 9.47 Å². The monoisotopic (exact) mass is 352 g/mol. The van der Waals surface area contributed by atoms with Gasteiger partial charge in [-0.3, -0.25) is 9.89 Å². The Morgan fingerprint density at radius 1 is 1.28 bits per heavy atom. The normalized spacial score (nSPS) is 35.4. The average Bonchev–Trinajstić information content (AvgIpc) is 3.02. The molecule has 2 saturated heterocycles. The Morgan fingerprint density at radius 3 is 2.80 bits per heavy atom. The summed E-state index contributed by atoms with van der Waals surface area (Å²) in [5.74, 6) is 2.19. The van der Waals surface area contributed by atoms with Crippen LogP contribution in [0.15, 0.2) is 4.99 Å². The molecule has 0 aromatic heterocycles. The zero-order chi connectivity index (χ0) is 18.0. The molecule has 0 radical (unpaired) electrons. The molecule has 0 bridgehead atoms. The second kappa shape index (κ2) is 7.80. The lowest BCUT2D eigenvalue weighted by Gasteiger charge is -2.55. The van der Waals surface area contributed by atoms with E-state index in [1.165, 1.54) is 0 Å². The number of nitrogens with one attached hydrogen (secondary N) is 2. The lowest BCUT2D eigenvalue weighted by Crippen LogP contribution is -2.68. The minimum Gasteiger partial charge on any atom is -0.377 e. The third kappa shape index (κ3) is 4.12. The molecule has 0 amide bonds. The fourth-order valence-electron chi connectivity index (χ4n) is 4.76. The summed E-state index contributed by atoms with van der Waals surface area (Å²) < 4.78 is 11.8. The maximum atomic E-state index is 5.93. The van der Waals surface area contributed by atoms with Crippen molar-refractivity contribution in [2.24, 2.45) is 22.2 Å². The summed E-state index contributed by atoms with van der Waals surface area (Å²) in [5.41, 5.74) is 0.161. The van der Waals surface area contributed by atoms with Crippen LogP contribution in [0.5, 0.6) is 0 Å². The number of aliphatic imine (C=N–C) groups is 1. The first-order valence-electron chi connectivity index (χ1n) is 9.84. The van der Waals surface area contributed by atoms with E-state index < -0.39 is 0 Å². The number of morpholine rings is 1. The second-order valence-corrected chi connectivity index (χ2v) is 8.79. The molecule has 6 heteroatoms. The lowest BCUT2D eigenvalue weighted by molar-refractivity contribution is -0.107. The first-order valence-corrected chi connectivity index (χ1v) is 9.84. The van der Waals surface area contributed by atoms with Gasteiger partial charge in [0.15, 0.2) is 5.96 Å². The van der Waals surface area contributed by atoms with Crippen molar-refractivity contribution in [3.63, 3.8) is 0 Å². The Balaban J connectivity index is 1.47. The largest absolute Gasteiger partial charge is 0.377 e. The molecule has 3 fully saturated rings. The third-order valence-corrected chi connectivity index (χ3v) is 5.96. The Bertz CT molecular complexity index is 480. The number of ether oxygens (including phenoxy) is 2. The van der Waals surface area contributed by atoms with Crippen molar-refractivity contribution in [3.05, 3.63) is 0 Å². The van der Waals surface area contributed by atoms with Gasteiger partial charge in [0.05, 0.1) is 18.8 Å². The molecule has 25 heavy (non-hydrogen) atoms. The van der Waals surface area contributed by atoms with Gasteiger partial charge >= 0.3 is 0 Å². The van der Waals surface area contributed by atoms with Crippen LogP contribution in [-0.4, -0.2) is 75.5 Å². The van der Waals surface area contributed by atoms with E-state index in [-0.39, 0.29) is 11.5 Å². The third-order valence-electron chi connectivity index (χ3n) is 5.96. The highest BCUT2D eigenvalue weighted by Crippen LogP contribution is 2.52. The summed E-state index contributed by atoms with van der Waals surface area (Å²) in [6.45, 7) is 14.8. The van der Waals surface area contributed by atoms with Gasteiger partial charge in [0, 0.05) is 57.2 Å². The van der Waals surface area contributed by atoms with Crippen LogP contribution in [0, 0.1) is 17.3 Å². The zero-order valence-electron chi connectivity index (χ0n) is 16.5. The maximum Gasteiger partial charge on any atom is 0.191 e. The molecule has 1 saturated carbocycles. The van der Waals surface area contributed by atoms with E-state index in [4.69, 9.17) is 9.47 Å². The van der Waals surface area contributed by atoms with Gasteiger partial charge in [0.25, 0.3) is 0 Å². The molecular formula is C19H36N4O2. The number of guanidine groups is 1. The first-order chi connectivity index (χ1) is 11.9. The van der Waals surface area contributed by atoms with E-state index in [2.05, 4.69) is 48.2 Å². The van der Waals surface area contributed by atoms with Crippen LogP contribution < -0.4 is 10.6 Å². The van der Waals surface area contributed by atoms with Crippen molar-refractivity contribution in [2.45, 2.75) is 52.4 Å². The Labute approximate surface area is 152 Å². The van der Waals surface area contributed by atoms with Crippen LogP contribution in [0.2, 0.25) is 0 Å². The summed E-state index contributed by atoms with van der Waals surface area (Å²) in [6, 6.07) is 0.427. The standard InChI is InChI=1S/C19H36N4O2/c1-13(2)11-23-7-9-24-14(12-23)10-21-18(20-5)22-16-15-6-8-25-17(15)19(16,3)4/h13-17H,6-12H2,1-5H3,(H2,20,21,22). The SMILES string of the molecule is CN=C(NCC1CN(CC(C)C)CCO1)NC1C2CCOC2C1(C)C. The van der Waals surface area contributed by atoms with Crippen LogP contribution in [0.3, 0.4) is 0 Å². The number of rotatable bonds is 5. The predicted molar refractivity (Wildman–Crippen MR) is 101 cm³/mol. The van der Waals surface area contributed by atoms with E-state index in [1.807, 2.05) is 7.05 Å². The minimum atomic E-state index is 0.161. The minimum absolute atomic E-state index is 0.161. The molecule has 1 aliphatic carbocycles. The molecule has 4 unspecified atom stereocenters. The second-order valence-electron chi connectivity index (χ2n) is 8.79. The van der Waals surface area contributed by atoms with E-state index in [1.54, 1.807) is 0 Å². The molecule has 4 atom stereocenters. The van der Waals surface area contributed by atoms with Crippen LogP contribution >= 0.6 is 0 Å². The zero-order valence-corrected chi connectivity index (χ0v) is 16.5. The summed E-state index contributed by atoms with van der Waals surface area (Å²) in [6.07, 6.45) is 1.77. The highest BCUT2D eigenvalue weighted by atomic mass is 16.5. The molecule has 3 aliphatic rings. The van der Waals surface area contributed by atoms with Gasteiger partial charge in [-0.2, -0.15) is 0 Å². The van der Waals surface area contributed by atoms with Crippen molar-refractivity contribution < 1.29 is 9.47 Å². The summed E-state index contributed by atoms with van der Waals surface area (Å²) >= 11 is 0. The van der Waals surface area contributed by atoms with Crippen molar-refractivity contribution in [1.29, 1.82) is 0 Å². The van der Waals surface area contributed by atoms with Crippen molar-refractivity contribution in [1.82, 2.24) is 15.5 Å². The van der Waals surface area contributed by atoms with Crippen LogP contribution in [0.4, 0.5) is 0 Å². The van der Waals surface area contributed by atoms with Crippen LogP contribution in [0.25, 0.3) is 0 Å². The smallest absolute Gasteiger partial charge is 0.191 e. The number of hydrogen-bond donors (Lipinski definition) is 2. The van der Waals surface area contributed by atoms with Crippen molar-refractivity contribution >= 4 is 5.96 Å². The Morgan fingerprint density at radius 2 is 2.08 bits per heavy atom. The van der Waals surface area contributed by atoms with E-state index in [9.17, 15) is 0 Å². The Hall–Kier alpha value is -0.850. The molecule has 0 aromatic carbocycles. The predicted octanol–water partition coefficient (Wildman–Crippen LogP) is 1.32. The first kappa shape index (κ1) is 18.9. The molecule has 0 aromatic rings. The molecular weight excluding hydrogens is 316 g/mol. The number of hydrogen-bond acceptors (Lipinski definition) is 4. The molecule has 6 nitrogen and oxygen atoms in total. The van der Waals surface area contributed by atoms with Gasteiger partial charge in [0.2, 0.25) is 0 Å². The molecule has 2 aliphatic heterocycles. The van der Waals surface area contributed by atoms with E-state index >= 15 is 0 Å². The van der Waals surface area contributed by atoms with Gasteiger partial charge in [-0.1, -0.05) is 27.7 Å². The van der Waals surface area contributed by atoms with Gasteiger partial charge in [-0.15, -0.1) is 0 Å². The van der Waals surface area contributed by atoms with Gasteiger partial charge < -0.3 is 20.1 Å². The highest BCUT2D eigenvalue weighted by Gasteiger charge is 2.59. The van der Waals surface area contributed by atoms with Crippen molar-refractivity contribution in [2.75, 3.05) is 46.4 Å². The quantitative estimate of drug-likeness (QED) is 0.577. The van der Waals surface area contributed by atoms with E-state index in [0.717, 1.165) is 51.8 Å². The summed E-state index contributed by atoms with van der Waals surface area (Å²) in [7, 11) is 1.84. The number of fused-ring (bicyclic) bond motifs is 1. The summed E-state index contributed by atoms with van der Waals surface area (Å²) in [5, 5.41) is 7.11. The lowest BCUT2D eigenvalue weighted by atomic mass is 9.57. The van der Waals surface area contributed by atoms with Gasteiger partial charge in [-0.05, 0) is 12.3 Å². The number of nitrogens with zero attached hydrogens (tertiary/aromatic N) is 2. The van der Waals surface area contributed by atoms with Crippen LogP contribution in [0.1, 0.15) is 34.1 Å². The van der Waals surface area contributed by atoms with Crippen molar-refractivity contribution in [3.8, 4) is 0 Å². The molecule has 0 spiro atoms. The van der Waals surface area contributed by atoms with Gasteiger partial charge in [0.1, 0.15) is 0 Å². The topological polar surface area (TPSA) is 58.1 Å². The Kier molecular flexibility index (Phi) is 5.91. The maximum absolute atomic E-state index is 5.93. The molecule has 3 rings (SSSR count).